The molecule has 35 heavy (non-hydrogen) atoms. The summed E-state index contributed by atoms with van der Waals surface area (Å²) in [5, 5.41) is 12.6. The minimum Gasteiger partial charge on any atom is -0.358 e. The molecule has 0 aliphatic carbocycles. The van der Waals surface area contributed by atoms with Crippen LogP contribution in [0.25, 0.3) is 10.8 Å². The average Bonchev–Trinajstić information content (AvgIpc) is 2.85. The van der Waals surface area contributed by atoms with Crippen molar-refractivity contribution in [2.75, 3.05) is 5.75 Å². The van der Waals surface area contributed by atoms with Gasteiger partial charge >= 0.3 is 10.1 Å². The van der Waals surface area contributed by atoms with E-state index in [-0.39, 0.29) is 10.8 Å². The van der Waals surface area contributed by atoms with Crippen LogP contribution in [0.3, 0.4) is 0 Å². The second kappa shape index (κ2) is 10.5. The molecule has 1 aromatic heterocycles. The van der Waals surface area contributed by atoms with Crippen molar-refractivity contribution in [1.82, 2.24) is 9.97 Å². The molecule has 0 bridgehead atoms. The third-order valence-electron chi connectivity index (χ3n) is 5.64. The van der Waals surface area contributed by atoms with Crippen LogP contribution in [-0.4, -0.2) is 24.1 Å². The van der Waals surface area contributed by atoms with Gasteiger partial charge in [0, 0.05) is 5.56 Å². The maximum absolute atomic E-state index is 13.1. The Balaban J connectivity index is 1.88. The Labute approximate surface area is 210 Å². The van der Waals surface area contributed by atoms with Gasteiger partial charge in [0.1, 0.15) is 10.8 Å². The SMILES string of the molecule is CCSc1nc(OS(=O)(=O)c2ccc(C)cc2)c(CC)c(C(C#N)c2cccc3ccccc23)n1. The fourth-order valence-corrected chi connectivity index (χ4v) is 5.41. The van der Waals surface area contributed by atoms with Crippen LogP contribution < -0.4 is 4.18 Å². The third kappa shape index (κ3) is 5.16. The van der Waals surface area contributed by atoms with Gasteiger partial charge in [0.05, 0.1) is 11.8 Å². The second-order valence-electron chi connectivity index (χ2n) is 7.94. The number of hydrogen-bond acceptors (Lipinski definition) is 7. The smallest absolute Gasteiger partial charge is 0.340 e. The zero-order valence-electron chi connectivity index (χ0n) is 19.7. The zero-order chi connectivity index (χ0) is 25.0. The Bertz CT molecular complexity index is 1510. The van der Waals surface area contributed by atoms with Gasteiger partial charge in [-0.1, -0.05) is 85.8 Å². The first-order chi connectivity index (χ1) is 16.9. The van der Waals surface area contributed by atoms with Gasteiger partial charge in [-0.15, -0.1) is 0 Å². The van der Waals surface area contributed by atoms with Gasteiger partial charge in [-0.25, -0.2) is 4.98 Å². The lowest BCUT2D eigenvalue weighted by Gasteiger charge is -2.18. The van der Waals surface area contributed by atoms with Gasteiger partial charge in [-0.2, -0.15) is 18.7 Å². The Morgan fingerprint density at radius 2 is 1.71 bits per heavy atom. The van der Waals surface area contributed by atoms with Crippen LogP contribution in [0, 0.1) is 18.3 Å². The van der Waals surface area contributed by atoms with Gasteiger partial charge in [0.2, 0.25) is 5.88 Å². The second-order valence-corrected chi connectivity index (χ2v) is 10.7. The van der Waals surface area contributed by atoms with Crippen molar-refractivity contribution in [3.63, 3.8) is 0 Å². The number of hydrogen-bond donors (Lipinski definition) is 0. The molecule has 0 aliphatic rings. The van der Waals surface area contributed by atoms with E-state index in [1.807, 2.05) is 63.2 Å². The summed E-state index contributed by atoms with van der Waals surface area (Å²) in [6.45, 7) is 5.71. The molecule has 0 amide bonds. The highest BCUT2D eigenvalue weighted by molar-refractivity contribution is 7.99. The number of aromatic nitrogens is 2. The molecule has 4 rings (SSSR count). The van der Waals surface area contributed by atoms with Crippen LogP contribution >= 0.6 is 11.8 Å². The molecule has 0 spiro atoms. The zero-order valence-corrected chi connectivity index (χ0v) is 21.4. The first kappa shape index (κ1) is 24.7. The normalized spacial score (nSPS) is 12.3. The topological polar surface area (TPSA) is 92.9 Å². The fourth-order valence-electron chi connectivity index (χ4n) is 3.93. The molecule has 3 aromatic carbocycles. The minimum absolute atomic E-state index is 0.0329. The number of thioether (sulfide) groups is 1. The lowest BCUT2D eigenvalue weighted by atomic mass is 9.89. The van der Waals surface area contributed by atoms with Crippen molar-refractivity contribution in [3.8, 4) is 11.9 Å². The van der Waals surface area contributed by atoms with Gasteiger partial charge < -0.3 is 4.18 Å². The summed E-state index contributed by atoms with van der Waals surface area (Å²) in [4.78, 5) is 9.20. The molecule has 6 nitrogen and oxygen atoms in total. The highest BCUT2D eigenvalue weighted by Crippen LogP contribution is 2.36. The van der Waals surface area contributed by atoms with E-state index in [4.69, 9.17) is 9.17 Å². The molecular weight excluding hydrogens is 478 g/mol. The largest absolute Gasteiger partial charge is 0.358 e. The molecule has 1 unspecified atom stereocenters. The molecular formula is C27H25N3O3S2. The predicted molar refractivity (Wildman–Crippen MR) is 138 cm³/mol. The molecule has 1 atom stereocenters. The number of benzene rings is 3. The fraction of sp³-hybridized carbons (Fsp3) is 0.222. The first-order valence-electron chi connectivity index (χ1n) is 11.3. The van der Waals surface area contributed by atoms with Gasteiger partial charge in [0.25, 0.3) is 0 Å². The van der Waals surface area contributed by atoms with Crippen molar-refractivity contribution >= 4 is 32.7 Å². The van der Waals surface area contributed by atoms with E-state index in [9.17, 15) is 13.7 Å². The van der Waals surface area contributed by atoms with E-state index in [0.717, 1.165) is 21.9 Å². The monoisotopic (exact) mass is 503 g/mol. The summed E-state index contributed by atoms with van der Waals surface area (Å²) >= 11 is 1.37. The van der Waals surface area contributed by atoms with Crippen LogP contribution in [0.2, 0.25) is 0 Å². The number of aryl methyl sites for hydroxylation is 1. The van der Waals surface area contributed by atoms with Crippen LogP contribution in [0.1, 0.15) is 42.1 Å². The van der Waals surface area contributed by atoms with E-state index in [2.05, 4.69) is 11.1 Å². The number of nitrogens with zero attached hydrogens (tertiary/aromatic N) is 3. The van der Waals surface area contributed by atoms with E-state index < -0.39 is 16.0 Å². The molecule has 0 aliphatic heterocycles. The Hall–Kier alpha value is -3.41. The van der Waals surface area contributed by atoms with Crippen molar-refractivity contribution in [2.45, 2.75) is 43.2 Å². The predicted octanol–water partition coefficient (Wildman–Crippen LogP) is 6.04. The molecule has 0 fully saturated rings. The molecule has 8 heteroatoms. The standard InChI is InChI=1S/C27H25N3O3S2/c1-4-21-25(24(17-28)23-12-8-10-19-9-6-7-11-22(19)23)29-27(34-5-2)30-26(21)33-35(31,32)20-15-13-18(3)14-16-20/h6-16,24H,4-5H2,1-3H3. The molecule has 178 valence electrons. The van der Waals surface area contributed by atoms with Crippen LogP contribution in [-0.2, 0) is 16.5 Å². The molecule has 0 radical (unpaired) electrons. The van der Waals surface area contributed by atoms with Crippen molar-refractivity contribution in [3.05, 3.63) is 89.1 Å². The summed E-state index contributed by atoms with van der Waals surface area (Å²) < 4.78 is 31.8. The lowest BCUT2D eigenvalue weighted by Crippen LogP contribution is -2.16. The summed E-state index contributed by atoms with van der Waals surface area (Å²) in [5.74, 6) is -0.0743. The van der Waals surface area contributed by atoms with Crippen molar-refractivity contribution in [1.29, 1.82) is 5.26 Å². The van der Waals surface area contributed by atoms with Crippen LogP contribution in [0.4, 0.5) is 0 Å². The van der Waals surface area contributed by atoms with Gasteiger partial charge in [-0.3, -0.25) is 0 Å². The summed E-state index contributed by atoms with van der Waals surface area (Å²) in [5.41, 5.74) is 2.71. The first-order valence-corrected chi connectivity index (χ1v) is 13.7. The quantitative estimate of drug-likeness (QED) is 0.164. The summed E-state index contributed by atoms with van der Waals surface area (Å²) in [6, 6.07) is 22.5. The van der Waals surface area contributed by atoms with E-state index in [1.54, 1.807) is 12.1 Å². The van der Waals surface area contributed by atoms with Gasteiger partial charge in [0.15, 0.2) is 5.16 Å². The van der Waals surface area contributed by atoms with Gasteiger partial charge in [-0.05, 0) is 47.6 Å². The highest BCUT2D eigenvalue weighted by Gasteiger charge is 2.28. The molecule has 4 aromatic rings. The van der Waals surface area contributed by atoms with E-state index in [1.165, 1.54) is 23.9 Å². The van der Waals surface area contributed by atoms with Crippen LogP contribution in [0.15, 0.2) is 76.8 Å². The molecule has 1 heterocycles. The van der Waals surface area contributed by atoms with E-state index in [0.29, 0.717) is 28.6 Å². The lowest BCUT2D eigenvalue weighted by molar-refractivity contribution is 0.466. The van der Waals surface area contributed by atoms with E-state index >= 15 is 0 Å². The number of rotatable bonds is 8. The molecule has 0 N–H and O–H groups in total. The van der Waals surface area contributed by atoms with Crippen LogP contribution in [0.5, 0.6) is 5.88 Å². The maximum atomic E-state index is 13.1. The summed E-state index contributed by atoms with van der Waals surface area (Å²) in [7, 11) is -4.13. The summed E-state index contributed by atoms with van der Waals surface area (Å²) in [6.07, 6.45) is 0.397. The Kier molecular flexibility index (Phi) is 7.39. The third-order valence-corrected chi connectivity index (χ3v) is 7.60. The van der Waals surface area contributed by atoms with Crippen molar-refractivity contribution in [2.24, 2.45) is 0 Å². The molecule has 0 saturated carbocycles. The minimum atomic E-state index is -4.13. The van der Waals surface area contributed by atoms with Crippen molar-refractivity contribution < 1.29 is 12.6 Å². The Morgan fingerprint density at radius 1 is 1.00 bits per heavy atom. The number of nitriles is 1. The number of fused-ring (bicyclic) bond motifs is 1. The average molecular weight is 504 g/mol. The highest BCUT2D eigenvalue weighted by atomic mass is 32.2. The Morgan fingerprint density at radius 3 is 2.40 bits per heavy atom. The maximum Gasteiger partial charge on any atom is 0.340 e. The molecule has 0 saturated heterocycles.